The molecule has 2 heterocycles. The number of nitrogens with zero attached hydrogens (tertiary/aromatic N) is 1. The predicted molar refractivity (Wildman–Crippen MR) is 78.4 cm³/mol. The molecule has 1 aliphatic heterocycles. The first-order chi connectivity index (χ1) is 9.74. The second-order valence-electron chi connectivity index (χ2n) is 5.54. The predicted octanol–water partition coefficient (Wildman–Crippen LogP) is 0.151. The fourth-order valence-electron chi connectivity index (χ4n) is 2.44. The van der Waals surface area contributed by atoms with Gasteiger partial charge < -0.3 is 14.6 Å². The van der Waals surface area contributed by atoms with Crippen LogP contribution in [0.1, 0.15) is 30.2 Å². The van der Waals surface area contributed by atoms with E-state index < -0.39 is 10.0 Å². The molecule has 0 bridgehead atoms. The van der Waals surface area contributed by atoms with Crippen molar-refractivity contribution in [1.82, 2.24) is 14.9 Å². The van der Waals surface area contributed by atoms with Gasteiger partial charge in [0, 0.05) is 25.2 Å². The highest BCUT2D eigenvalue weighted by Gasteiger charge is 2.27. The molecule has 1 fully saturated rings. The lowest BCUT2D eigenvalue weighted by molar-refractivity contribution is 0.0640. The number of piperazine rings is 1. The molecule has 0 aliphatic carbocycles. The molecule has 0 saturated carbocycles. The molecule has 7 nitrogen and oxygen atoms in total. The van der Waals surface area contributed by atoms with E-state index in [2.05, 4.69) is 10.0 Å². The Morgan fingerprint density at radius 2 is 2.00 bits per heavy atom. The Balaban J connectivity index is 2.01. The molecule has 1 amide bonds. The van der Waals surface area contributed by atoms with E-state index in [-0.39, 0.29) is 30.3 Å². The van der Waals surface area contributed by atoms with E-state index in [1.165, 1.54) is 0 Å². The van der Waals surface area contributed by atoms with Crippen molar-refractivity contribution in [2.45, 2.75) is 32.5 Å². The Hall–Kier alpha value is -1.38. The normalized spacial score (nSPS) is 23.3. The summed E-state index contributed by atoms with van der Waals surface area (Å²) in [6, 6.07) is 3.66. The van der Waals surface area contributed by atoms with Crippen LogP contribution in [0.25, 0.3) is 0 Å². The molecule has 2 N–H and O–H groups in total. The van der Waals surface area contributed by atoms with Crippen LogP contribution in [0.5, 0.6) is 0 Å². The highest BCUT2D eigenvalue weighted by Crippen LogP contribution is 2.14. The summed E-state index contributed by atoms with van der Waals surface area (Å²) in [6.45, 7) is 5.35. The van der Waals surface area contributed by atoms with Crippen molar-refractivity contribution in [2.75, 3.05) is 19.3 Å². The Kier molecular flexibility index (Phi) is 4.70. The lowest BCUT2D eigenvalue weighted by Gasteiger charge is -2.35. The molecule has 2 rings (SSSR count). The zero-order chi connectivity index (χ0) is 15.6. The van der Waals surface area contributed by atoms with E-state index in [1.807, 2.05) is 13.8 Å². The third-order valence-corrected chi connectivity index (χ3v) is 3.89. The Morgan fingerprint density at radius 3 is 2.57 bits per heavy atom. The van der Waals surface area contributed by atoms with Crippen LogP contribution in [0.3, 0.4) is 0 Å². The number of amides is 1. The summed E-state index contributed by atoms with van der Waals surface area (Å²) in [5.74, 6) is 0.488. The molecular formula is C13H21N3O4S. The van der Waals surface area contributed by atoms with Gasteiger partial charge in [0.25, 0.3) is 5.91 Å². The molecule has 21 heavy (non-hydrogen) atoms. The van der Waals surface area contributed by atoms with Crippen LogP contribution in [0.2, 0.25) is 0 Å². The second-order valence-corrected chi connectivity index (χ2v) is 7.37. The Morgan fingerprint density at radius 1 is 1.38 bits per heavy atom. The maximum absolute atomic E-state index is 12.4. The summed E-state index contributed by atoms with van der Waals surface area (Å²) >= 11 is 0. The molecule has 1 aliphatic rings. The van der Waals surface area contributed by atoms with E-state index in [0.29, 0.717) is 18.8 Å². The lowest BCUT2D eigenvalue weighted by Crippen LogP contribution is -2.55. The van der Waals surface area contributed by atoms with Gasteiger partial charge in [-0.15, -0.1) is 0 Å². The van der Waals surface area contributed by atoms with Gasteiger partial charge in [-0.25, -0.2) is 13.1 Å². The van der Waals surface area contributed by atoms with Crippen LogP contribution in [-0.2, 0) is 16.6 Å². The zero-order valence-corrected chi connectivity index (χ0v) is 13.2. The first-order valence-corrected chi connectivity index (χ1v) is 8.72. The maximum atomic E-state index is 12.4. The van der Waals surface area contributed by atoms with Gasteiger partial charge >= 0.3 is 0 Å². The van der Waals surface area contributed by atoms with Gasteiger partial charge in [-0.1, -0.05) is 0 Å². The fraction of sp³-hybridized carbons (Fsp3) is 0.615. The molecule has 0 radical (unpaired) electrons. The zero-order valence-electron chi connectivity index (χ0n) is 12.4. The number of carbonyl (C=O) groups is 1. The topological polar surface area (TPSA) is 91.7 Å². The van der Waals surface area contributed by atoms with Gasteiger partial charge in [0.1, 0.15) is 5.76 Å². The fourth-order valence-corrected chi connectivity index (χ4v) is 2.84. The number of hydrogen-bond donors (Lipinski definition) is 2. The number of rotatable bonds is 4. The van der Waals surface area contributed by atoms with Gasteiger partial charge in [0.05, 0.1) is 12.8 Å². The largest absolute Gasteiger partial charge is 0.455 e. The van der Waals surface area contributed by atoms with E-state index >= 15 is 0 Å². The minimum atomic E-state index is -3.28. The minimum Gasteiger partial charge on any atom is -0.455 e. The third-order valence-electron chi connectivity index (χ3n) is 3.23. The first-order valence-electron chi connectivity index (χ1n) is 6.83. The van der Waals surface area contributed by atoms with Crippen molar-refractivity contribution in [3.05, 3.63) is 23.7 Å². The molecule has 0 aromatic carbocycles. The molecular weight excluding hydrogens is 294 g/mol. The monoisotopic (exact) mass is 315 g/mol. The highest BCUT2D eigenvalue weighted by atomic mass is 32.2. The van der Waals surface area contributed by atoms with Crippen molar-refractivity contribution in [3.8, 4) is 0 Å². The van der Waals surface area contributed by atoms with Crippen molar-refractivity contribution >= 4 is 15.9 Å². The summed E-state index contributed by atoms with van der Waals surface area (Å²) in [5, 5.41) is 3.36. The second kappa shape index (κ2) is 6.17. The molecule has 1 aromatic heterocycles. The maximum Gasteiger partial charge on any atom is 0.289 e. The molecule has 8 heteroatoms. The standard InChI is InChI=1S/C13H21N3O4S/c1-9-7-16(8-10(2)15-9)13(17)12-5-4-11(20-12)6-14-21(3,18)19/h4-5,9-10,14-15H,6-8H2,1-3H3/t9-,10-/m1/s1. The van der Waals surface area contributed by atoms with Crippen molar-refractivity contribution in [1.29, 1.82) is 0 Å². The molecule has 118 valence electrons. The first kappa shape index (κ1) is 16.0. The van der Waals surface area contributed by atoms with Crippen LogP contribution >= 0.6 is 0 Å². The number of furan rings is 1. The van der Waals surface area contributed by atoms with Gasteiger partial charge in [-0.3, -0.25) is 4.79 Å². The van der Waals surface area contributed by atoms with E-state index in [1.54, 1.807) is 17.0 Å². The third kappa shape index (κ3) is 4.55. The average Bonchev–Trinajstić information content (AvgIpc) is 2.82. The van der Waals surface area contributed by atoms with Crippen molar-refractivity contribution in [3.63, 3.8) is 0 Å². The lowest BCUT2D eigenvalue weighted by atomic mass is 10.1. The summed E-state index contributed by atoms with van der Waals surface area (Å²) < 4.78 is 29.8. The quantitative estimate of drug-likeness (QED) is 0.825. The van der Waals surface area contributed by atoms with Crippen LogP contribution in [0.4, 0.5) is 0 Å². The van der Waals surface area contributed by atoms with Crippen molar-refractivity contribution < 1.29 is 17.6 Å². The summed E-state index contributed by atoms with van der Waals surface area (Å²) in [7, 11) is -3.28. The van der Waals surface area contributed by atoms with Crippen LogP contribution in [0, 0.1) is 0 Å². The Labute approximate surface area is 124 Å². The van der Waals surface area contributed by atoms with Crippen molar-refractivity contribution in [2.24, 2.45) is 0 Å². The highest BCUT2D eigenvalue weighted by molar-refractivity contribution is 7.88. The number of hydrogen-bond acceptors (Lipinski definition) is 5. The molecule has 0 spiro atoms. The molecule has 1 saturated heterocycles. The Bertz CT molecular complexity index is 601. The van der Waals surface area contributed by atoms with Gasteiger partial charge in [0.2, 0.25) is 10.0 Å². The summed E-state index contributed by atoms with van der Waals surface area (Å²) in [6.07, 6.45) is 1.07. The molecule has 2 atom stereocenters. The van der Waals surface area contributed by atoms with E-state index in [9.17, 15) is 13.2 Å². The average molecular weight is 315 g/mol. The smallest absolute Gasteiger partial charge is 0.289 e. The number of sulfonamides is 1. The minimum absolute atomic E-state index is 0.0421. The molecule has 1 aromatic rings. The number of carbonyl (C=O) groups excluding carboxylic acids is 1. The van der Waals surface area contributed by atoms with E-state index in [0.717, 1.165) is 6.26 Å². The summed E-state index contributed by atoms with van der Waals surface area (Å²) in [4.78, 5) is 14.1. The molecule has 0 unspecified atom stereocenters. The number of nitrogens with one attached hydrogen (secondary N) is 2. The van der Waals surface area contributed by atoms with Crippen LogP contribution in [0.15, 0.2) is 16.5 Å². The van der Waals surface area contributed by atoms with Crippen LogP contribution < -0.4 is 10.0 Å². The van der Waals surface area contributed by atoms with E-state index in [4.69, 9.17) is 4.42 Å². The van der Waals surface area contributed by atoms with Gasteiger partial charge in [-0.05, 0) is 26.0 Å². The van der Waals surface area contributed by atoms with Gasteiger partial charge in [0.15, 0.2) is 5.76 Å². The van der Waals surface area contributed by atoms with Crippen LogP contribution in [-0.4, -0.2) is 50.7 Å². The van der Waals surface area contributed by atoms with Gasteiger partial charge in [-0.2, -0.15) is 0 Å². The summed E-state index contributed by atoms with van der Waals surface area (Å²) in [5.41, 5.74) is 0. The SMILES string of the molecule is C[C@@H]1CN(C(=O)c2ccc(CNS(C)(=O)=O)o2)C[C@@H](C)N1.